The number of sulfonamides is 1. The number of benzene rings is 3. The van der Waals surface area contributed by atoms with E-state index in [0.717, 1.165) is 15.1 Å². The molecule has 3 aromatic carbocycles. The molecule has 0 fully saturated rings. The molecule has 212 valence electrons. The lowest BCUT2D eigenvalue weighted by atomic mass is 10.1. The molecule has 0 bridgehead atoms. The number of hydrogen-bond donors (Lipinski definition) is 2. The van der Waals surface area contributed by atoms with Crippen LogP contribution in [0, 0.1) is 0 Å². The Morgan fingerprint density at radius 2 is 1.86 bits per heavy atom. The van der Waals surface area contributed by atoms with E-state index in [0.29, 0.717) is 38.6 Å². The van der Waals surface area contributed by atoms with Gasteiger partial charge in [0.1, 0.15) is 0 Å². The quantitative estimate of drug-likeness (QED) is 0.127. The van der Waals surface area contributed by atoms with Gasteiger partial charge >= 0.3 is 0 Å². The number of nitrogens with zero attached hydrogens (tertiary/aromatic N) is 4. The highest BCUT2D eigenvalue weighted by molar-refractivity contribution is 7.98. The third-order valence-electron chi connectivity index (χ3n) is 6.10. The molecule has 0 amide bonds. The number of fused-ring (bicyclic) bond motifs is 1. The van der Waals surface area contributed by atoms with Gasteiger partial charge in [-0.2, -0.15) is 4.68 Å². The first-order valence-electron chi connectivity index (χ1n) is 12.4. The van der Waals surface area contributed by atoms with Crippen molar-refractivity contribution in [2.45, 2.75) is 22.5 Å². The summed E-state index contributed by atoms with van der Waals surface area (Å²) in [5, 5.41) is 6.41. The van der Waals surface area contributed by atoms with Crippen LogP contribution in [0.4, 0.5) is 10.8 Å². The van der Waals surface area contributed by atoms with Crippen LogP contribution in [0.5, 0.6) is 0 Å². The lowest BCUT2D eigenvalue weighted by molar-refractivity contribution is 0.601. The molecule has 0 saturated carbocycles. The molecule has 14 heteroatoms. The molecule has 42 heavy (non-hydrogen) atoms. The van der Waals surface area contributed by atoms with E-state index in [4.69, 9.17) is 11.6 Å². The summed E-state index contributed by atoms with van der Waals surface area (Å²) in [4.78, 5) is 28.2. The fourth-order valence-electron chi connectivity index (χ4n) is 4.13. The lowest BCUT2D eigenvalue weighted by Gasteiger charge is -2.06. The van der Waals surface area contributed by atoms with Gasteiger partial charge in [-0.1, -0.05) is 35.1 Å². The molecule has 0 aliphatic carbocycles. The third kappa shape index (κ3) is 6.05. The molecule has 0 atom stereocenters. The Morgan fingerprint density at radius 3 is 2.57 bits per heavy atom. The van der Waals surface area contributed by atoms with Gasteiger partial charge in [0.2, 0.25) is 5.13 Å². The minimum atomic E-state index is -3.79. The second-order valence-electron chi connectivity index (χ2n) is 8.95. The Labute approximate surface area is 258 Å². The zero-order valence-corrected chi connectivity index (χ0v) is 25.8. The largest absolute Gasteiger partial charge is 0.291 e. The van der Waals surface area contributed by atoms with Gasteiger partial charge in [0.05, 0.1) is 37.8 Å². The maximum Gasteiger partial charge on any atom is 0.282 e. The van der Waals surface area contributed by atoms with Crippen molar-refractivity contribution in [2.75, 3.05) is 4.72 Å². The minimum absolute atomic E-state index is 0.0780. The van der Waals surface area contributed by atoms with Crippen molar-refractivity contribution in [1.82, 2.24) is 19.7 Å². The number of aromatic amines is 1. The standard InChI is InChI=1S/C28H21ClN6O3S4/c1-17(31-19-8-12-21(13-9-19)42(37,38)34-27-30-14-15-39-27)25-23(16-40-20-10-6-18(29)7-11-20)33-35(26(25)36)28-32-22-4-2-3-5-24(22)41-28/h2-15,33H,16H2,1H3,(H,30,34). The van der Waals surface area contributed by atoms with E-state index < -0.39 is 10.0 Å². The van der Waals surface area contributed by atoms with Gasteiger partial charge in [0.15, 0.2) is 5.13 Å². The zero-order valence-electron chi connectivity index (χ0n) is 21.8. The average molecular weight is 653 g/mol. The molecule has 0 aliphatic heterocycles. The Bertz CT molecular complexity index is 2030. The highest BCUT2D eigenvalue weighted by Gasteiger charge is 2.21. The van der Waals surface area contributed by atoms with Gasteiger partial charge < -0.3 is 0 Å². The average Bonchev–Trinajstić information content (AvgIpc) is 3.71. The fourth-order valence-corrected chi connectivity index (χ4v) is 7.82. The van der Waals surface area contributed by atoms with Crippen LogP contribution in [0.1, 0.15) is 18.2 Å². The Kier molecular flexibility index (Phi) is 8.01. The van der Waals surface area contributed by atoms with Crippen molar-refractivity contribution in [3.8, 4) is 5.13 Å². The highest BCUT2D eigenvalue weighted by Crippen LogP contribution is 2.28. The highest BCUT2D eigenvalue weighted by atomic mass is 35.5. The topological polar surface area (TPSA) is 122 Å². The van der Waals surface area contributed by atoms with Crippen LogP contribution in [-0.2, 0) is 15.8 Å². The van der Waals surface area contributed by atoms with Crippen LogP contribution in [0.2, 0.25) is 5.02 Å². The van der Waals surface area contributed by atoms with E-state index in [2.05, 4.69) is 24.8 Å². The lowest BCUT2D eigenvalue weighted by Crippen LogP contribution is -2.19. The Balaban J connectivity index is 1.34. The number of hydrogen-bond acceptors (Lipinski definition) is 9. The molecule has 2 N–H and O–H groups in total. The molecule has 3 aromatic heterocycles. The molecule has 0 spiro atoms. The molecule has 6 aromatic rings. The van der Waals surface area contributed by atoms with E-state index in [1.165, 1.54) is 45.7 Å². The van der Waals surface area contributed by atoms with Crippen molar-refractivity contribution in [2.24, 2.45) is 4.99 Å². The summed E-state index contributed by atoms with van der Waals surface area (Å²) < 4.78 is 30.3. The molecule has 9 nitrogen and oxygen atoms in total. The van der Waals surface area contributed by atoms with Gasteiger partial charge in [-0.25, -0.2) is 18.4 Å². The summed E-state index contributed by atoms with van der Waals surface area (Å²) in [6.45, 7) is 1.76. The van der Waals surface area contributed by atoms with Gasteiger partial charge in [-0.05, 0) is 67.6 Å². The van der Waals surface area contributed by atoms with Crippen LogP contribution in [0.3, 0.4) is 0 Å². The number of halogens is 1. The first kappa shape index (κ1) is 28.4. The molecule has 6 rings (SSSR count). The number of thiazole rings is 2. The normalized spacial score (nSPS) is 12.2. The molecular formula is C28H21ClN6O3S4. The number of H-pyrrole nitrogens is 1. The maximum absolute atomic E-state index is 13.8. The molecule has 0 saturated heterocycles. The van der Waals surface area contributed by atoms with E-state index in [-0.39, 0.29) is 15.6 Å². The predicted molar refractivity (Wildman–Crippen MR) is 172 cm³/mol. The first-order chi connectivity index (χ1) is 20.3. The Morgan fingerprint density at radius 1 is 1.10 bits per heavy atom. The predicted octanol–water partition coefficient (Wildman–Crippen LogP) is 7.12. The van der Waals surface area contributed by atoms with Gasteiger partial charge in [0, 0.05) is 27.2 Å². The summed E-state index contributed by atoms with van der Waals surface area (Å²) in [5.74, 6) is 0.469. The first-order valence-corrected chi connectivity index (χ1v) is 17.0. The van der Waals surface area contributed by atoms with Crippen LogP contribution >= 0.6 is 46.0 Å². The zero-order chi connectivity index (χ0) is 29.3. The summed E-state index contributed by atoms with van der Waals surface area (Å²) in [7, 11) is -3.79. The SMILES string of the molecule is CC(=Nc1ccc(S(=O)(=O)Nc2nccs2)cc1)c1c(CSc2ccc(Cl)cc2)[nH]n(-c2nc3ccccc3s2)c1=O. The second-order valence-corrected chi connectivity index (χ2v) is 14.0. The summed E-state index contributed by atoms with van der Waals surface area (Å²) in [6.07, 6.45) is 1.52. The van der Waals surface area contributed by atoms with E-state index in [1.807, 2.05) is 48.5 Å². The minimum Gasteiger partial charge on any atom is -0.291 e. The van der Waals surface area contributed by atoms with E-state index >= 15 is 0 Å². The molecule has 3 heterocycles. The van der Waals surface area contributed by atoms with Crippen molar-refractivity contribution in [3.05, 3.63) is 111 Å². The van der Waals surface area contributed by atoms with Crippen molar-refractivity contribution in [3.63, 3.8) is 0 Å². The fraction of sp³-hybridized carbons (Fsp3) is 0.0714. The number of anilines is 1. The van der Waals surface area contributed by atoms with Gasteiger partial charge in [-0.3, -0.25) is 19.6 Å². The molecule has 0 unspecified atom stereocenters. The van der Waals surface area contributed by atoms with Crippen molar-refractivity contribution < 1.29 is 8.42 Å². The van der Waals surface area contributed by atoms with Gasteiger partial charge in [-0.15, -0.1) is 23.1 Å². The summed E-state index contributed by atoms with van der Waals surface area (Å²) >= 11 is 10.2. The molecular weight excluding hydrogens is 632 g/mol. The molecule has 0 aliphatic rings. The number of thioether (sulfide) groups is 1. The number of aliphatic imine (C=N–C) groups is 1. The summed E-state index contributed by atoms with van der Waals surface area (Å²) in [5.41, 5.74) is 2.64. The van der Waals surface area contributed by atoms with Crippen molar-refractivity contribution >= 4 is 82.8 Å². The number of aromatic nitrogens is 4. The van der Waals surface area contributed by atoms with Crippen LogP contribution in [-0.4, -0.2) is 33.9 Å². The van der Waals surface area contributed by atoms with Crippen molar-refractivity contribution in [1.29, 1.82) is 0 Å². The number of rotatable bonds is 9. The monoisotopic (exact) mass is 652 g/mol. The van der Waals surface area contributed by atoms with E-state index in [9.17, 15) is 13.2 Å². The van der Waals surface area contributed by atoms with Crippen LogP contribution in [0.15, 0.2) is 104 Å². The number of para-hydroxylation sites is 1. The smallest absolute Gasteiger partial charge is 0.282 e. The van der Waals surface area contributed by atoms with Crippen LogP contribution in [0.25, 0.3) is 15.3 Å². The van der Waals surface area contributed by atoms with Crippen LogP contribution < -0.4 is 10.3 Å². The Hall–Kier alpha value is -3.75. The molecule has 0 radical (unpaired) electrons. The summed E-state index contributed by atoms with van der Waals surface area (Å²) in [6, 6.07) is 21.3. The number of nitrogens with one attached hydrogen (secondary N) is 2. The van der Waals surface area contributed by atoms with E-state index in [1.54, 1.807) is 36.2 Å². The van der Waals surface area contributed by atoms with Gasteiger partial charge in [0.25, 0.3) is 15.6 Å². The second kappa shape index (κ2) is 11.9. The maximum atomic E-state index is 13.8. The third-order valence-corrected chi connectivity index (χ3v) is 10.6.